The third-order valence-corrected chi connectivity index (χ3v) is 6.07. The van der Waals surface area contributed by atoms with Gasteiger partial charge in [-0.25, -0.2) is 0 Å². The second kappa shape index (κ2) is 7.51. The van der Waals surface area contributed by atoms with Crippen LogP contribution in [-0.4, -0.2) is 11.7 Å². The molecule has 0 saturated carbocycles. The Hall–Kier alpha value is -3.72. The van der Waals surface area contributed by atoms with Gasteiger partial charge in [0, 0.05) is 36.0 Å². The predicted molar refractivity (Wildman–Crippen MR) is 127 cm³/mol. The molecule has 0 fully saturated rings. The molecule has 2 heterocycles. The Balaban J connectivity index is 1.59. The number of rotatable bonds is 4. The fourth-order valence-electron chi connectivity index (χ4n) is 4.24. The van der Waals surface area contributed by atoms with Crippen LogP contribution in [0.5, 0.6) is 11.5 Å². The molecule has 0 aromatic heterocycles. The first kappa shape index (κ1) is 19.3. The number of hydrogen-bond donors (Lipinski definition) is 1. The molecule has 154 valence electrons. The van der Waals surface area contributed by atoms with E-state index >= 15 is 0 Å². The summed E-state index contributed by atoms with van der Waals surface area (Å²) in [6, 6.07) is 20.1. The average Bonchev–Trinajstić information content (AvgIpc) is 3.24. The summed E-state index contributed by atoms with van der Waals surface area (Å²) in [6.07, 6.45) is 3.08. The van der Waals surface area contributed by atoms with E-state index in [1.807, 2.05) is 12.1 Å². The van der Waals surface area contributed by atoms with E-state index in [1.165, 1.54) is 11.1 Å². The summed E-state index contributed by atoms with van der Waals surface area (Å²) >= 11 is 0. The zero-order chi connectivity index (χ0) is 21.5. The fourth-order valence-corrected chi connectivity index (χ4v) is 4.24. The lowest BCUT2D eigenvalue weighted by molar-refractivity contribution is 0.356. The molecule has 2 aliphatic rings. The van der Waals surface area contributed by atoms with Crippen molar-refractivity contribution in [1.29, 1.82) is 0 Å². The van der Waals surface area contributed by atoms with E-state index in [-0.39, 0.29) is 5.75 Å². The van der Waals surface area contributed by atoms with Crippen LogP contribution in [0.25, 0.3) is 11.1 Å². The summed E-state index contributed by atoms with van der Waals surface area (Å²) < 4.78 is 5.84. The molecule has 0 atom stereocenters. The second-order valence-electron chi connectivity index (χ2n) is 8.24. The van der Waals surface area contributed by atoms with Gasteiger partial charge in [-0.3, -0.25) is 0 Å². The topological polar surface area (TPSA) is 32.7 Å². The molecular formula is C28H25NO2. The highest BCUT2D eigenvalue weighted by Gasteiger charge is 2.26. The highest BCUT2D eigenvalue weighted by atomic mass is 16.5. The molecule has 31 heavy (non-hydrogen) atoms. The van der Waals surface area contributed by atoms with Gasteiger partial charge in [-0.15, -0.1) is 0 Å². The van der Waals surface area contributed by atoms with E-state index in [0.29, 0.717) is 6.54 Å². The molecule has 3 aromatic carbocycles. The normalized spacial score (nSPS) is 14.5. The number of anilines is 1. The summed E-state index contributed by atoms with van der Waals surface area (Å²) in [5.41, 5.74) is 9.79. The number of hydrogen-bond acceptors (Lipinski definition) is 3. The predicted octanol–water partition coefficient (Wildman–Crippen LogP) is 6.27. The van der Waals surface area contributed by atoms with Gasteiger partial charge in [-0.1, -0.05) is 55.1 Å². The SMILES string of the molecule is C=C(C1=CN(Cc2ccc(O)cc2)c2cc3c(cc2C1=C)OCC3)c1ccc(C)cc1. The highest BCUT2D eigenvalue weighted by molar-refractivity contribution is 6.02. The number of phenols is 1. The van der Waals surface area contributed by atoms with Crippen LogP contribution >= 0.6 is 0 Å². The van der Waals surface area contributed by atoms with Crippen LogP contribution in [0.2, 0.25) is 0 Å². The maximum absolute atomic E-state index is 9.66. The van der Waals surface area contributed by atoms with E-state index < -0.39 is 0 Å². The Morgan fingerprint density at radius 3 is 2.55 bits per heavy atom. The average molecular weight is 408 g/mol. The van der Waals surface area contributed by atoms with Crippen molar-refractivity contribution < 1.29 is 9.84 Å². The minimum Gasteiger partial charge on any atom is -0.508 e. The number of phenolic OH excluding ortho intramolecular Hbond substituents is 1. The van der Waals surface area contributed by atoms with Gasteiger partial charge in [0.25, 0.3) is 0 Å². The molecule has 1 N–H and O–H groups in total. The molecular weight excluding hydrogens is 382 g/mol. The molecule has 0 unspecified atom stereocenters. The van der Waals surface area contributed by atoms with Gasteiger partial charge in [0.2, 0.25) is 0 Å². The number of allylic oxidation sites excluding steroid dienone is 3. The lowest BCUT2D eigenvalue weighted by Gasteiger charge is -2.32. The second-order valence-corrected chi connectivity index (χ2v) is 8.24. The van der Waals surface area contributed by atoms with Gasteiger partial charge in [-0.2, -0.15) is 0 Å². The molecule has 0 spiro atoms. The lowest BCUT2D eigenvalue weighted by atomic mass is 9.86. The zero-order valence-corrected chi connectivity index (χ0v) is 17.7. The van der Waals surface area contributed by atoms with Crippen LogP contribution in [0.15, 0.2) is 85.6 Å². The van der Waals surface area contributed by atoms with Crippen LogP contribution in [0.3, 0.4) is 0 Å². The van der Waals surface area contributed by atoms with Gasteiger partial charge in [0.1, 0.15) is 11.5 Å². The molecule has 0 radical (unpaired) electrons. The molecule has 0 bridgehead atoms. The molecule has 0 amide bonds. The van der Waals surface area contributed by atoms with Crippen molar-refractivity contribution in [2.45, 2.75) is 19.9 Å². The number of aromatic hydroxyl groups is 1. The van der Waals surface area contributed by atoms with E-state index in [0.717, 1.165) is 57.9 Å². The fraction of sp³-hybridized carbons (Fsp3) is 0.143. The first-order chi connectivity index (χ1) is 15.0. The lowest BCUT2D eigenvalue weighted by Crippen LogP contribution is -2.22. The Bertz CT molecular complexity index is 1220. The quantitative estimate of drug-likeness (QED) is 0.553. The van der Waals surface area contributed by atoms with Crippen molar-refractivity contribution >= 4 is 16.8 Å². The number of nitrogens with zero attached hydrogens (tertiary/aromatic N) is 1. The summed E-state index contributed by atoms with van der Waals surface area (Å²) in [5.74, 6) is 1.22. The molecule has 0 aliphatic carbocycles. The Morgan fingerprint density at radius 2 is 1.81 bits per heavy atom. The molecule has 2 aliphatic heterocycles. The van der Waals surface area contributed by atoms with E-state index in [1.54, 1.807) is 12.1 Å². The van der Waals surface area contributed by atoms with Crippen molar-refractivity contribution in [3.63, 3.8) is 0 Å². The standard InChI is InChI=1S/C28H25NO2/c1-18-4-8-22(9-5-18)19(2)26-17-29(16-21-6-10-24(30)11-7-21)27-14-23-12-13-31-28(23)15-25(27)20(26)3/h4-11,14-15,17,30H,2-3,12-13,16H2,1H3. The van der Waals surface area contributed by atoms with Crippen LogP contribution < -0.4 is 9.64 Å². The smallest absolute Gasteiger partial charge is 0.123 e. The van der Waals surface area contributed by atoms with E-state index in [4.69, 9.17) is 4.74 Å². The maximum atomic E-state index is 9.66. The summed E-state index contributed by atoms with van der Waals surface area (Å²) in [6.45, 7) is 12.3. The number of ether oxygens (including phenoxy) is 1. The Labute approximate surface area is 183 Å². The molecule has 5 rings (SSSR count). The third-order valence-electron chi connectivity index (χ3n) is 6.07. The minimum absolute atomic E-state index is 0.273. The van der Waals surface area contributed by atoms with Crippen molar-refractivity contribution in [3.8, 4) is 11.5 Å². The molecule has 3 aromatic rings. The summed E-state index contributed by atoms with van der Waals surface area (Å²) in [7, 11) is 0. The van der Waals surface area contributed by atoms with Crippen LogP contribution in [-0.2, 0) is 13.0 Å². The van der Waals surface area contributed by atoms with Crippen molar-refractivity contribution in [2.75, 3.05) is 11.5 Å². The van der Waals surface area contributed by atoms with Crippen LogP contribution in [0.4, 0.5) is 5.69 Å². The monoisotopic (exact) mass is 407 g/mol. The Kier molecular flexibility index (Phi) is 4.67. The zero-order valence-electron chi connectivity index (χ0n) is 17.7. The Morgan fingerprint density at radius 1 is 1.06 bits per heavy atom. The maximum Gasteiger partial charge on any atom is 0.123 e. The van der Waals surface area contributed by atoms with Crippen molar-refractivity contribution in [2.24, 2.45) is 0 Å². The van der Waals surface area contributed by atoms with Gasteiger partial charge >= 0.3 is 0 Å². The van der Waals surface area contributed by atoms with Crippen LogP contribution in [0.1, 0.15) is 27.8 Å². The number of aryl methyl sites for hydroxylation is 1. The minimum atomic E-state index is 0.273. The summed E-state index contributed by atoms with van der Waals surface area (Å²) in [5, 5.41) is 9.66. The number of benzene rings is 3. The van der Waals surface area contributed by atoms with E-state index in [2.05, 4.69) is 67.6 Å². The summed E-state index contributed by atoms with van der Waals surface area (Å²) in [4.78, 5) is 2.25. The molecule has 0 saturated heterocycles. The molecule has 3 nitrogen and oxygen atoms in total. The van der Waals surface area contributed by atoms with Gasteiger partial charge in [-0.05, 0) is 59.0 Å². The van der Waals surface area contributed by atoms with Crippen molar-refractivity contribution in [1.82, 2.24) is 0 Å². The third kappa shape index (κ3) is 3.53. The van der Waals surface area contributed by atoms with Crippen molar-refractivity contribution in [3.05, 3.63) is 113 Å². The van der Waals surface area contributed by atoms with E-state index in [9.17, 15) is 5.11 Å². The van der Waals surface area contributed by atoms with Gasteiger partial charge in [0.15, 0.2) is 0 Å². The van der Waals surface area contributed by atoms with Gasteiger partial charge in [0.05, 0.1) is 6.61 Å². The van der Waals surface area contributed by atoms with Gasteiger partial charge < -0.3 is 14.7 Å². The van der Waals surface area contributed by atoms with Crippen LogP contribution in [0, 0.1) is 6.92 Å². The largest absolute Gasteiger partial charge is 0.508 e. The number of fused-ring (bicyclic) bond motifs is 2. The molecule has 3 heteroatoms. The first-order valence-electron chi connectivity index (χ1n) is 10.5. The first-order valence-corrected chi connectivity index (χ1v) is 10.5. The highest BCUT2D eigenvalue weighted by Crippen LogP contribution is 2.45.